The van der Waals surface area contributed by atoms with Crippen LogP contribution >= 0.6 is 11.6 Å². The van der Waals surface area contributed by atoms with Crippen LogP contribution in [0.1, 0.15) is 35.0 Å². The third-order valence-corrected chi connectivity index (χ3v) is 6.08. The molecule has 2 aliphatic heterocycles. The molecule has 1 aromatic carbocycles. The SMILES string of the molecule is CCn1cc(CC(=O)N2CC3CC2C3NC(=O)c2cccc(Cl)c2C)nn1. The molecule has 3 unspecified atom stereocenters. The molecule has 0 spiro atoms. The van der Waals surface area contributed by atoms with Crippen molar-refractivity contribution in [3.05, 3.63) is 46.2 Å². The van der Waals surface area contributed by atoms with Gasteiger partial charge in [0.25, 0.3) is 5.91 Å². The van der Waals surface area contributed by atoms with Crippen LogP contribution in [0.3, 0.4) is 0 Å². The molecule has 7 nitrogen and oxygen atoms in total. The van der Waals surface area contributed by atoms with Crippen molar-refractivity contribution in [2.75, 3.05) is 6.54 Å². The van der Waals surface area contributed by atoms with Gasteiger partial charge in [0.2, 0.25) is 5.91 Å². The van der Waals surface area contributed by atoms with E-state index in [1.54, 1.807) is 29.1 Å². The summed E-state index contributed by atoms with van der Waals surface area (Å²) in [6.07, 6.45) is 2.99. The molecule has 1 saturated carbocycles. The highest BCUT2D eigenvalue weighted by Gasteiger charge is 2.54. The van der Waals surface area contributed by atoms with Crippen LogP contribution in [0, 0.1) is 12.8 Å². The minimum Gasteiger partial charge on any atom is -0.347 e. The number of aryl methyl sites for hydroxylation is 1. The average molecular weight is 388 g/mol. The van der Waals surface area contributed by atoms with Crippen LogP contribution in [0.2, 0.25) is 5.02 Å². The lowest BCUT2D eigenvalue weighted by molar-refractivity contribution is -0.131. The van der Waals surface area contributed by atoms with E-state index in [0.29, 0.717) is 28.7 Å². The third kappa shape index (κ3) is 3.20. The predicted molar refractivity (Wildman–Crippen MR) is 100 cm³/mol. The summed E-state index contributed by atoms with van der Waals surface area (Å²) in [6.45, 7) is 5.23. The summed E-state index contributed by atoms with van der Waals surface area (Å²) in [4.78, 5) is 27.2. The molecule has 2 saturated heterocycles. The molecular formula is C19H22ClN5O2. The number of halogens is 1. The van der Waals surface area contributed by atoms with E-state index in [-0.39, 0.29) is 30.3 Å². The number of hydrogen-bond acceptors (Lipinski definition) is 4. The molecule has 2 amide bonds. The Kier molecular flexibility index (Phi) is 4.63. The van der Waals surface area contributed by atoms with Crippen LogP contribution in [0.15, 0.2) is 24.4 Å². The topological polar surface area (TPSA) is 80.1 Å². The van der Waals surface area contributed by atoms with E-state index in [9.17, 15) is 9.59 Å². The lowest BCUT2D eigenvalue weighted by Crippen LogP contribution is -2.55. The maximum atomic E-state index is 12.7. The Morgan fingerprint density at radius 1 is 1.37 bits per heavy atom. The van der Waals surface area contributed by atoms with Gasteiger partial charge in [-0.25, -0.2) is 0 Å². The molecule has 0 radical (unpaired) electrons. The minimum atomic E-state index is -0.130. The van der Waals surface area contributed by atoms with E-state index in [0.717, 1.165) is 18.5 Å². The van der Waals surface area contributed by atoms with Gasteiger partial charge in [-0.2, -0.15) is 0 Å². The highest BCUT2D eigenvalue weighted by molar-refractivity contribution is 6.31. The summed E-state index contributed by atoms with van der Waals surface area (Å²) in [5, 5.41) is 11.7. The predicted octanol–water partition coefficient (Wildman–Crippen LogP) is 1.83. The van der Waals surface area contributed by atoms with E-state index in [1.807, 2.05) is 18.7 Å². The van der Waals surface area contributed by atoms with Gasteiger partial charge < -0.3 is 10.2 Å². The largest absolute Gasteiger partial charge is 0.347 e. The molecule has 2 aromatic rings. The number of amides is 2. The van der Waals surface area contributed by atoms with Crippen LogP contribution in [-0.2, 0) is 17.8 Å². The zero-order valence-electron chi connectivity index (χ0n) is 15.4. The molecular weight excluding hydrogens is 366 g/mol. The molecule has 8 heteroatoms. The maximum absolute atomic E-state index is 12.7. The van der Waals surface area contributed by atoms with Gasteiger partial charge in [-0.05, 0) is 38.0 Å². The van der Waals surface area contributed by atoms with Gasteiger partial charge in [0.1, 0.15) is 0 Å². The molecule has 3 atom stereocenters. The van der Waals surface area contributed by atoms with E-state index >= 15 is 0 Å². The zero-order valence-corrected chi connectivity index (χ0v) is 16.1. The molecule has 1 aromatic heterocycles. The fourth-order valence-corrected chi connectivity index (χ4v) is 4.21. The van der Waals surface area contributed by atoms with Gasteiger partial charge in [-0.1, -0.05) is 22.9 Å². The summed E-state index contributed by atoms with van der Waals surface area (Å²) in [5.74, 6) is 0.227. The number of rotatable bonds is 5. The van der Waals surface area contributed by atoms with Crippen molar-refractivity contribution < 1.29 is 9.59 Å². The number of fused-ring (bicyclic) bond motifs is 1. The molecule has 2 bridgehead atoms. The summed E-state index contributed by atoms with van der Waals surface area (Å²) < 4.78 is 1.71. The van der Waals surface area contributed by atoms with Gasteiger partial charge in [0.05, 0.1) is 24.2 Å². The molecule has 1 aliphatic carbocycles. The Morgan fingerprint density at radius 2 is 2.19 bits per heavy atom. The Labute approximate surface area is 162 Å². The van der Waals surface area contributed by atoms with Gasteiger partial charge in [0, 0.05) is 35.8 Å². The molecule has 3 heterocycles. The minimum absolute atomic E-state index is 0.00570. The van der Waals surface area contributed by atoms with Gasteiger partial charge in [-0.15, -0.1) is 5.10 Å². The first kappa shape index (κ1) is 18.0. The summed E-state index contributed by atoms with van der Waals surface area (Å²) >= 11 is 6.12. The number of aromatic nitrogens is 3. The average Bonchev–Trinajstić information content (AvgIpc) is 3.36. The molecule has 142 valence electrons. The fourth-order valence-electron chi connectivity index (χ4n) is 4.03. The summed E-state index contributed by atoms with van der Waals surface area (Å²) in [7, 11) is 0. The van der Waals surface area contributed by atoms with Gasteiger partial charge in [0.15, 0.2) is 0 Å². The van der Waals surface area contributed by atoms with Crippen molar-refractivity contribution in [2.24, 2.45) is 5.92 Å². The molecule has 3 fully saturated rings. The summed E-state index contributed by atoms with van der Waals surface area (Å²) in [5.41, 5.74) is 2.04. The highest BCUT2D eigenvalue weighted by atomic mass is 35.5. The zero-order chi connectivity index (χ0) is 19.1. The van der Waals surface area contributed by atoms with Crippen LogP contribution in [0.5, 0.6) is 0 Å². The lowest BCUT2D eigenvalue weighted by Gasteiger charge is -2.37. The monoisotopic (exact) mass is 387 g/mol. The summed E-state index contributed by atoms with van der Waals surface area (Å²) in [6, 6.07) is 5.39. The fraction of sp³-hybridized carbons (Fsp3) is 0.474. The van der Waals surface area contributed by atoms with Crippen molar-refractivity contribution in [1.29, 1.82) is 0 Å². The number of benzene rings is 1. The highest BCUT2D eigenvalue weighted by Crippen LogP contribution is 2.41. The number of carbonyl (C=O) groups excluding carboxylic acids is 2. The lowest BCUT2D eigenvalue weighted by atomic mass is 9.80. The molecule has 3 aliphatic rings. The van der Waals surface area contributed by atoms with Crippen molar-refractivity contribution in [2.45, 2.75) is 45.3 Å². The molecule has 1 N–H and O–H groups in total. The Hall–Kier alpha value is -2.41. The van der Waals surface area contributed by atoms with E-state index in [1.165, 1.54) is 0 Å². The second kappa shape index (κ2) is 6.96. The van der Waals surface area contributed by atoms with Gasteiger partial charge >= 0.3 is 0 Å². The third-order valence-electron chi connectivity index (χ3n) is 5.67. The second-order valence-electron chi connectivity index (χ2n) is 7.26. The van der Waals surface area contributed by atoms with E-state index in [4.69, 9.17) is 11.6 Å². The van der Waals surface area contributed by atoms with E-state index in [2.05, 4.69) is 15.6 Å². The number of carbonyl (C=O) groups is 2. The first-order valence-electron chi connectivity index (χ1n) is 9.22. The standard InChI is InChI=1S/C19H22ClN5O2/c1-3-24-10-13(22-23-24)8-17(26)25-9-12-7-16(25)18(12)21-19(27)14-5-4-6-15(20)11(14)2/h4-6,10,12,16,18H,3,7-9H2,1-2H3,(H,21,27). The quantitative estimate of drug-likeness (QED) is 0.848. The van der Waals surface area contributed by atoms with E-state index < -0.39 is 0 Å². The van der Waals surface area contributed by atoms with Crippen molar-refractivity contribution in [3.8, 4) is 0 Å². The first-order valence-corrected chi connectivity index (χ1v) is 9.60. The number of nitrogens with zero attached hydrogens (tertiary/aromatic N) is 4. The van der Waals surface area contributed by atoms with Crippen LogP contribution in [0.4, 0.5) is 0 Å². The van der Waals surface area contributed by atoms with Crippen molar-refractivity contribution in [3.63, 3.8) is 0 Å². The Morgan fingerprint density at radius 3 is 2.93 bits per heavy atom. The molecule has 5 rings (SSSR count). The molecule has 27 heavy (non-hydrogen) atoms. The first-order chi connectivity index (χ1) is 13.0. The normalized spacial score (nSPS) is 23.2. The second-order valence-corrected chi connectivity index (χ2v) is 7.67. The maximum Gasteiger partial charge on any atom is 0.251 e. The van der Waals surface area contributed by atoms with Crippen LogP contribution in [0.25, 0.3) is 0 Å². The van der Waals surface area contributed by atoms with Gasteiger partial charge in [-0.3, -0.25) is 14.3 Å². The Bertz CT molecular complexity index is 896. The smallest absolute Gasteiger partial charge is 0.251 e. The van der Waals surface area contributed by atoms with Crippen LogP contribution < -0.4 is 5.32 Å². The van der Waals surface area contributed by atoms with Crippen molar-refractivity contribution >= 4 is 23.4 Å². The van der Waals surface area contributed by atoms with Crippen LogP contribution in [-0.4, -0.2) is 50.3 Å². The number of hydrogen-bond donors (Lipinski definition) is 1. The number of nitrogens with one attached hydrogen (secondary N) is 1. The Balaban J connectivity index is 1.39. The van der Waals surface area contributed by atoms with Crippen molar-refractivity contribution in [1.82, 2.24) is 25.2 Å².